The first-order valence-electron chi connectivity index (χ1n) is 12.5. The molecule has 3 aromatic rings. The number of imidazole rings is 1. The van der Waals surface area contributed by atoms with Gasteiger partial charge >= 0.3 is 0 Å². The Morgan fingerprint density at radius 3 is 2.84 bits per heavy atom. The Labute approximate surface area is 217 Å². The summed E-state index contributed by atoms with van der Waals surface area (Å²) in [5.74, 6) is 1.63. The second-order valence-corrected chi connectivity index (χ2v) is 11.6. The molecule has 10 heteroatoms. The van der Waals surface area contributed by atoms with E-state index in [1.807, 2.05) is 39.9 Å². The largest absolute Gasteiger partial charge is 0.492 e. The molecule has 0 saturated carbocycles. The fourth-order valence-electron chi connectivity index (χ4n) is 5.06. The number of hydrogen-bond acceptors (Lipinski definition) is 6. The number of sulfonamides is 1. The van der Waals surface area contributed by atoms with Gasteiger partial charge in [-0.05, 0) is 42.7 Å². The Balaban J connectivity index is 1.28. The summed E-state index contributed by atoms with van der Waals surface area (Å²) in [6.07, 6.45) is 5.51. The van der Waals surface area contributed by atoms with Gasteiger partial charge in [-0.15, -0.1) is 4.40 Å². The van der Waals surface area contributed by atoms with Gasteiger partial charge in [-0.25, -0.2) is 13.4 Å². The second-order valence-electron chi connectivity index (χ2n) is 9.92. The first-order valence-corrected chi connectivity index (χ1v) is 14.1. The third-order valence-electron chi connectivity index (χ3n) is 6.78. The molecule has 5 rings (SSSR count). The normalized spacial score (nSPS) is 18.8. The summed E-state index contributed by atoms with van der Waals surface area (Å²) in [7, 11) is -3.61. The Morgan fingerprint density at radius 2 is 2.03 bits per heavy atom. The first kappa shape index (κ1) is 25.0. The molecule has 2 aliphatic rings. The van der Waals surface area contributed by atoms with Crippen LogP contribution in [-0.2, 0) is 15.8 Å². The molecule has 0 spiro atoms. The lowest BCUT2D eigenvalue weighted by Gasteiger charge is -2.33. The van der Waals surface area contributed by atoms with Crippen LogP contribution in [0.25, 0.3) is 5.69 Å². The van der Waals surface area contributed by atoms with Crippen LogP contribution in [-0.4, -0.2) is 54.3 Å². The highest BCUT2D eigenvalue weighted by Gasteiger charge is 2.28. The highest BCUT2D eigenvalue weighted by Crippen LogP contribution is 2.29. The maximum Gasteiger partial charge on any atom is 0.259 e. The number of aromatic nitrogens is 2. The van der Waals surface area contributed by atoms with Crippen molar-refractivity contribution in [2.45, 2.75) is 38.4 Å². The summed E-state index contributed by atoms with van der Waals surface area (Å²) < 4.78 is 35.7. The van der Waals surface area contributed by atoms with Crippen molar-refractivity contribution in [3.8, 4) is 11.4 Å². The molecule has 37 heavy (non-hydrogen) atoms. The van der Waals surface area contributed by atoms with E-state index in [1.54, 1.807) is 24.4 Å². The van der Waals surface area contributed by atoms with Crippen LogP contribution in [0.1, 0.15) is 59.9 Å². The molecule has 2 aromatic carbocycles. The van der Waals surface area contributed by atoms with Crippen molar-refractivity contribution >= 4 is 21.8 Å². The minimum atomic E-state index is -3.61. The number of hydrogen-bond donors (Lipinski definition) is 1. The molecule has 9 nitrogen and oxygen atoms in total. The molecule has 3 heterocycles. The van der Waals surface area contributed by atoms with E-state index in [2.05, 4.69) is 23.2 Å². The lowest BCUT2D eigenvalue weighted by atomic mass is 9.98. The predicted molar refractivity (Wildman–Crippen MR) is 142 cm³/mol. The van der Waals surface area contributed by atoms with Crippen LogP contribution >= 0.6 is 0 Å². The zero-order valence-corrected chi connectivity index (χ0v) is 21.8. The van der Waals surface area contributed by atoms with Crippen LogP contribution in [0.15, 0.2) is 59.3 Å². The molecule has 1 atom stereocenters. The van der Waals surface area contributed by atoms with Crippen molar-refractivity contribution in [3.63, 3.8) is 0 Å². The molecule has 0 radical (unpaired) electrons. The van der Waals surface area contributed by atoms with E-state index >= 15 is 0 Å². The van der Waals surface area contributed by atoms with Crippen molar-refractivity contribution in [1.82, 2.24) is 14.5 Å². The Hall–Kier alpha value is -3.66. The van der Waals surface area contributed by atoms with E-state index in [9.17, 15) is 13.2 Å². The number of nitrogens with zero attached hydrogens (tertiary/aromatic N) is 4. The number of amidine groups is 1. The molecule has 1 fully saturated rings. The van der Waals surface area contributed by atoms with Gasteiger partial charge in [0.2, 0.25) is 0 Å². The van der Waals surface area contributed by atoms with Crippen molar-refractivity contribution in [2.24, 2.45) is 16.0 Å². The number of carbonyl (C=O) groups excluding carboxylic acids is 1. The van der Waals surface area contributed by atoms with Crippen molar-refractivity contribution in [1.29, 1.82) is 0 Å². The maximum atomic E-state index is 13.4. The Bertz CT molecular complexity index is 1460. The third kappa shape index (κ3) is 5.24. The Kier molecular flexibility index (Phi) is 6.76. The molecule has 1 aromatic heterocycles. The van der Waals surface area contributed by atoms with Gasteiger partial charge in [0, 0.05) is 48.6 Å². The number of piperidine rings is 1. The highest BCUT2D eigenvalue weighted by molar-refractivity contribution is 7.89. The molecule has 0 aliphatic carbocycles. The molecule has 1 saturated heterocycles. The minimum Gasteiger partial charge on any atom is -0.492 e. The lowest BCUT2D eigenvalue weighted by Crippen LogP contribution is -2.41. The van der Waals surface area contributed by atoms with Crippen molar-refractivity contribution < 1.29 is 17.9 Å². The van der Waals surface area contributed by atoms with Gasteiger partial charge in [-0.3, -0.25) is 4.79 Å². The molecular weight excluding hydrogens is 490 g/mol. The van der Waals surface area contributed by atoms with E-state index < -0.39 is 10.0 Å². The quantitative estimate of drug-likeness (QED) is 0.530. The number of amides is 1. The van der Waals surface area contributed by atoms with E-state index in [-0.39, 0.29) is 29.3 Å². The van der Waals surface area contributed by atoms with Crippen LogP contribution in [0.5, 0.6) is 5.75 Å². The van der Waals surface area contributed by atoms with E-state index in [4.69, 9.17) is 10.5 Å². The lowest BCUT2D eigenvalue weighted by molar-refractivity contribution is 0.0633. The molecule has 194 valence electrons. The zero-order chi connectivity index (χ0) is 26.2. The second kappa shape index (κ2) is 10.0. The van der Waals surface area contributed by atoms with Gasteiger partial charge < -0.3 is 19.9 Å². The number of rotatable bonds is 6. The molecule has 2 N–H and O–H groups in total. The van der Waals surface area contributed by atoms with Gasteiger partial charge in [0.25, 0.3) is 15.9 Å². The van der Waals surface area contributed by atoms with Gasteiger partial charge in [-0.1, -0.05) is 32.0 Å². The number of carbonyl (C=O) groups is 1. The predicted octanol–water partition coefficient (Wildman–Crippen LogP) is 3.48. The SMILES string of the molecule is CC(C)c1nccn1-c1cccc(C(=O)N2CCC[C@H](COc3cccc4c3C(N)=NS(=O)(=O)C4)C2)c1. The molecule has 0 bridgehead atoms. The maximum absolute atomic E-state index is 13.4. The number of likely N-dealkylation sites (tertiary alicyclic amines) is 1. The summed E-state index contributed by atoms with van der Waals surface area (Å²) in [5.41, 5.74) is 8.65. The van der Waals surface area contributed by atoms with Crippen LogP contribution < -0.4 is 10.5 Å². The molecule has 0 unspecified atom stereocenters. The monoisotopic (exact) mass is 521 g/mol. The summed E-state index contributed by atoms with van der Waals surface area (Å²) in [6, 6.07) is 12.9. The van der Waals surface area contributed by atoms with Crippen molar-refractivity contribution in [2.75, 3.05) is 19.7 Å². The van der Waals surface area contributed by atoms with Crippen LogP contribution in [0, 0.1) is 5.92 Å². The van der Waals surface area contributed by atoms with Gasteiger partial charge in [-0.2, -0.15) is 0 Å². The van der Waals surface area contributed by atoms with E-state index in [0.29, 0.717) is 42.1 Å². The molecule has 2 aliphatic heterocycles. The van der Waals surface area contributed by atoms with Crippen LogP contribution in [0.3, 0.4) is 0 Å². The fourth-order valence-corrected chi connectivity index (χ4v) is 6.15. The topological polar surface area (TPSA) is 120 Å². The average Bonchev–Trinajstić information content (AvgIpc) is 3.37. The van der Waals surface area contributed by atoms with Crippen LogP contribution in [0.4, 0.5) is 0 Å². The summed E-state index contributed by atoms with van der Waals surface area (Å²) in [4.78, 5) is 19.8. The van der Waals surface area contributed by atoms with E-state index in [0.717, 1.165) is 24.4 Å². The number of nitrogens with two attached hydrogens (primary N) is 1. The minimum absolute atomic E-state index is 0.00330. The fraction of sp³-hybridized carbons (Fsp3) is 0.370. The molecule has 1 amide bonds. The van der Waals surface area contributed by atoms with Gasteiger partial charge in [0.05, 0.1) is 17.9 Å². The molecular formula is C27H31N5O4S. The zero-order valence-electron chi connectivity index (χ0n) is 21.0. The summed E-state index contributed by atoms with van der Waals surface area (Å²) >= 11 is 0. The third-order valence-corrected chi connectivity index (χ3v) is 7.93. The summed E-state index contributed by atoms with van der Waals surface area (Å²) in [5, 5.41) is 0. The summed E-state index contributed by atoms with van der Waals surface area (Å²) in [6.45, 7) is 5.86. The number of fused-ring (bicyclic) bond motifs is 1. The number of benzene rings is 2. The standard InChI is InChI=1S/C27H31N5O4S/c1-18(2)26-29-11-13-32(26)22-9-3-7-20(14-22)27(33)31-12-5-6-19(15-31)16-36-23-10-4-8-21-17-37(34,35)30-25(28)24(21)23/h3-4,7-11,13-14,18-19H,5-6,12,15-17H2,1-2H3,(H2,28,30)/t19-/m0/s1. The smallest absolute Gasteiger partial charge is 0.259 e. The highest BCUT2D eigenvalue weighted by atomic mass is 32.2. The number of ether oxygens (including phenoxy) is 1. The average molecular weight is 522 g/mol. The van der Waals surface area contributed by atoms with Gasteiger partial charge in [0.1, 0.15) is 17.4 Å². The first-order chi connectivity index (χ1) is 17.7. The Morgan fingerprint density at radius 1 is 1.22 bits per heavy atom. The van der Waals surface area contributed by atoms with E-state index in [1.165, 1.54) is 0 Å². The van der Waals surface area contributed by atoms with Crippen molar-refractivity contribution in [3.05, 3.63) is 77.4 Å². The van der Waals surface area contributed by atoms with Gasteiger partial charge in [0.15, 0.2) is 0 Å². The van der Waals surface area contributed by atoms with Crippen LogP contribution in [0.2, 0.25) is 0 Å².